The van der Waals surface area contributed by atoms with E-state index in [1.165, 1.54) is 0 Å². The van der Waals surface area contributed by atoms with Crippen LogP contribution in [0, 0.1) is 5.92 Å². The van der Waals surface area contributed by atoms with Gasteiger partial charge < -0.3 is 11.1 Å². The van der Waals surface area contributed by atoms with E-state index in [4.69, 9.17) is 5.73 Å². The maximum atomic E-state index is 11.2. The molecule has 0 bridgehead atoms. The number of hydrogen-bond acceptors (Lipinski definition) is 3. The summed E-state index contributed by atoms with van der Waals surface area (Å²) in [7, 11) is 0. The second-order valence-electron chi connectivity index (χ2n) is 3.12. The van der Waals surface area contributed by atoms with E-state index in [9.17, 15) is 4.79 Å². The molecular weight excluding hydrogens is 166 g/mol. The van der Waals surface area contributed by atoms with Crippen LogP contribution in [-0.4, -0.2) is 10.9 Å². The zero-order chi connectivity index (χ0) is 9.84. The van der Waals surface area contributed by atoms with Gasteiger partial charge in [-0.1, -0.05) is 13.8 Å². The van der Waals surface area contributed by atoms with Gasteiger partial charge in [0.2, 0.25) is 5.91 Å². The number of rotatable bonds is 2. The molecule has 0 saturated carbocycles. The summed E-state index contributed by atoms with van der Waals surface area (Å²) in [5, 5.41) is 2.65. The minimum absolute atomic E-state index is 0.0526. The zero-order valence-electron chi connectivity index (χ0n) is 7.74. The van der Waals surface area contributed by atoms with Crippen LogP contribution in [0.4, 0.5) is 11.5 Å². The third-order valence-electron chi connectivity index (χ3n) is 1.56. The minimum atomic E-state index is -0.0573. The van der Waals surface area contributed by atoms with Crippen LogP contribution in [0.15, 0.2) is 18.3 Å². The lowest BCUT2D eigenvalue weighted by molar-refractivity contribution is -0.118. The first-order chi connectivity index (χ1) is 6.09. The van der Waals surface area contributed by atoms with E-state index < -0.39 is 0 Å². The Labute approximate surface area is 77.2 Å². The monoisotopic (exact) mass is 179 g/mol. The zero-order valence-corrected chi connectivity index (χ0v) is 7.74. The molecule has 4 heteroatoms. The van der Waals surface area contributed by atoms with Crippen LogP contribution in [0.2, 0.25) is 0 Å². The molecule has 1 amide bonds. The summed E-state index contributed by atoms with van der Waals surface area (Å²) in [4.78, 5) is 15.2. The molecule has 0 fully saturated rings. The molecule has 0 radical (unpaired) electrons. The number of nitrogen functional groups attached to an aromatic ring is 1. The number of aromatic nitrogens is 1. The molecule has 0 spiro atoms. The van der Waals surface area contributed by atoms with Crippen LogP contribution in [0.3, 0.4) is 0 Å². The van der Waals surface area contributed by atoms with Gasteiger partial charge in [0.1, 0.15) is 5.82 Å². The van der Waals surface area contributed by atoms with Gasteiger partial charge in [0.05, 0.1) is 0 Å². The SMILES string of the molecule is CC(C)C(=O)Nc1cc(N)ccn1. The minimum Gasteiger partial charge on any atom is -0.399 e. The Balaban J connectivity index is 2.69. The van der Waals surface area contributed by atoms with Gasteiger partial charge in [-0.2, -0.15) is 0 Å². The van der Waals surface area contributed by atoms with Crippen molar-refractivity contribution in [3.63, 3.8) is 0 Å². The number of carbonyl (C=O) groups excluding carboxylic acids is 1. The highest BCUT2D eigenvalue weighted by atomic mass is 16.1. The first kappa shape index (κ1) is 9.51. The molecule has 0 aliphatic heterocycles. The third-order valence-corrected chi connectivity index (χ3v) is 1.56. The van der Waals surface area contributed by atoms with Crippen LogP contribution in [0.25, 0.3) is 0 Å². The molecule has 0 unspecified atom stereocenters. The molecule has 0 aromatic carbocycles. The van der Waals surface area contributed by atoms with Gasteiger partial charge in [0, 0.05) is 23.9 Å². The van der Waals surface area contributed by atoms with E-state index in [2.05, 4.69) is 10.3 Å². The standard InChI is InChI=1S/C9H13N3O/c1-6(2)9(13)12-8-5-7(10)3-4-11-8/h3-6H,1-2H3,(H3,10,11,12,13). The fourth-order valence-corrected chi connectivity index (χ4v) is 0.786. The van der Waals surface area contributed by atoms with Gasteiger partial charge >= 0.3 is 0 Å². The lowest BCUT2D eigenvalue weighted by atomic mass is 10.2. The van der Waals surface area contributed by atoms with E-state index in [0.717, 1.165) is 0 Å². The van der Waals surface area contributed by atoms with Gasteiger partial charge in [-0.3, -0.25) is 4.79 Å². The number of nitrogens with two attached hydrogens (primary N) is 1. The Morgan fingerprint density at radius 3 is 2.85 bits per heavy atom. The molecule has 1 heterocycles. The molecule has 1 aromatic heterocycles. The van der Waals surface area contributed by atoms with Crippen molar-refractivity contribution in [1.29, 1.82) is 0 Å². The molecule has 0 saturated heterocycles. The van der Waals surface area contributed by atoms with Crippen molar-refractivity contribution in [2.24, 2.45) is 5.92 Å². The van der Waals surface area contributed by atoms with Crippen LogP contribution < -0.4 is 11.1 Å². The van der Waals surface area contributed by atoms with Crippen LogP contribution in [-0.2, 0) is 4.79 Å². The maximum Gasteiger partial charge on any atom is 0.228 e. The predicted molar refractivity (Wildman–Crippen MR) is 52.1 cm³/mol. The molecule has 1 aromatic rings. The van der Waals surface area contributed by atoms with Gasteiger partial charge in [0.25, 0.3) is 0 Å². The molecule has 4 nitrogen and oxygen atoms in total. The largest absolute Gasteiger partial charge is 0.399 e. The van der Waals surface area contributed by atoms with E-state index in [0.29, 0.717) is 11.5 Å². The van der Waals surface area contributed by atoms with Crippen LogP contribution >= 0.6 is 0 Å². The predicted octanol–water partition coefficient (Wildman–Crippen LogP) is 1.26. The third kappa shape index (κ3) is 2.74. The van der Waals surface area contributed by atoms with Gasteiger partial charge in [-0.15, -0.1) is 0 Å². The smallest absolute Gasteiger partial charge is 0.228 e. The Kier molecular flexibility index (Phi) is 2.84. The first-order valence-electron chi connectivity index (χ1n) is 4.12. The number of anilines is 2. The van der Waals surface area contributed by atoms with Crippen molar-refractivity contribution in [1.82, 2.24) is 4.98 Å². The highest BCUT2D eigenvalue weighted by molar-refractivity contribution is 5.91. The molecule has 3 N–H and O–H groups in total. The molecule has 0 atom stereocenters. The lowest BCUT2D eigenvalue weighted by Gasteiger charge is -2.06. The molecular formula is C9H13N3O. The second-order valence-corrected chi connectivity index (χ2v) is 3.12. The molecule has 0 aliphatic carbocycles. The highest BCUT2D eigenvalue weighted by Crippen LogP contribution is 2.08. The van der Waals surface area contributed by atoms with Crippen molar-refractivity contribution < 1.29 is 4.79 Å². The van der Waals surface area contributed by atoms with E-state index >= 15 is 0 Å². The van der Waals surface area contributed by atoms with Crippen LogP contribution in [0.5, 0.6) is 0 Å². The quantitative estimate of drug-likeness (QED) is 0.718. The average Bonchev–Trinajstić information content (AvgIpc) is 2.04. The summed E-state index contributed by atoms with van der Waals surface area (Å²) in [5.74, 6) is 0.389. The number of amides is 1. The normalized spacial score (nSPS) is 10.1. The number of nitrogens with one attached hydrogen (secondary N) is 1. The fourth-order valence-electron chi connectivity index (χ4n) is 0.786. The van der Waals surface area contributed by atoms with E-state index in [-0.39, 0.29) is 11.8 Å². The Morgan fingerprint density at radius 2 is 2.31 bits per heavy atom. The summed E-state index contributed by atoms with van der Waals surface area (Å²) >= 11 is 0. The van der Waals surface area contributed by atoms with Gasteiger partial charge in [-0.05, 0) is 6.07 Å². The van der Waals surface area contributed by atoms with Crippen molar-refractivity contribution in [2.45, 2.75) is 13.8 Å². The molecule has 0 aliphatic rings. The van der Waals surface area contributed by atoms with Crippen molar-refractivity contribution in [3.05, 3.63) is 18.3 Å². The second kappa shape index (κ2) is 3.89. The van der Waals surface area contributed by atoms with Crippen molar-refractivity contribution in [3.8, 4) is 0 Å². The van der Waals surface area contributed by atoms with Crippen molar-refractivity contribution >= 4 is 17.4 Å². The number of carbonyl (C=O) groups is 1. The van der Waals surface area contributed by atoms with E-state index in [1.807, 2.05) is 13.8 Å². The topological polar surface area (TPSA) is 68.0 Å². The van der Waals surface area contributed by atoms with E-state index in [1.54, 1.807) is 18.3 Å². The maximum absolute atomic E-state index is 11.2. The summed E-state index contributed by atoms with van der Waals surface area (Å²) in [6.45, 7) is 3.64. The Hall–Kier alpha value is -1.58. The summed E-state index contributed by atoms with van der Waals surface area (Å²) in [5.41, 5.74) is 6.11. The molecule has 70 valence electrons. The fraction of sp³-hybridized carbons (Fsp3) is 0.333. The van der Waals surface area contributed by atoms with Crippen molar-refractivity contribution in [2.75, 3.05) is 11.1 Å². The molecule has 1 rings (SSSR count). The number of nitrogens with zero attached hydrogens (tertiary/aromatic N) is 1. The molecule has 13 heavy (non-hydrogen) atoms. The Morgan fingerprint density at radius 1 is 1.62 bits per heavy atom. The number of pyridine rings is 1. The highest BCUT2D eigenvalue weighted by Gasteiger charge is 2.07. The van der Waals surface area contributed by atoms with Crippen LogP contribution in [0.1, 0.15) is 13.8 Å². The summed E-state index contributed by atoms with van der Waals surface area (Å²) < 4.78 is 0. The van der Waals surface area contributed by atoms with Gasteiger partial charge in [0.15, 0.2) is 0 Å². The first-order valence-corrected chi connectivity index (χ1v) is 4.12. The average molecular weight is 179 g/mol. The lowest BCUT2D eigenvalue weighted by Crippen LogP contribution is -2.18. The summed E-state index contributed by atoms with van der Waals surface area (Å²) in [6, 6.07) is 3.30. The number of hydrogen-bond donors (Lipinski definition) is 2. The Bertz CT molecular complexity index is 309. The van der Waals surface area contributed by atoms with Gasteiger partial charge in [-0.25, -0.2) is 4.98 Å². The summed E-state index contributed by atoms with van der Waals surface area (Å²) in [6.07, 6.45) is 1.56.